The Balaban J connectivity index is 1.98. The van der Waals surface area contributed by atoms with E-state index in [0.717, 1.165) is 18.9 Å². The summed E-state index contributed by atoms with van der Waals surface area (Å²) in [6.45, 7) is 8.80. The lowest BCUT2D eigenvalue weighted by atomic mass is 10.1. The molecule has 0 bridgehead atoms. The number of aliphatic imine (C=N–C) groups is 1. The van der Waals surface area contributed by atoms with Gasteiger partial charge >= 0.3 is 0 Å². The number of nitrogens with one attached hydrogen (secondary N) is 2. The van der Waals surface area contributed by atoms with Crippen LogP contribution in [0, 0.1) is 5.92 Å². The van der Waals surface area contributed by atoms with Gasteiger partial charge in [0.15, 0.2) is 5.96 Å². The van der Waals surface area contributed by atoms with Crippen molar-refractivity contribution in [3.63, 3.8) is 0 Å². The molecule has 1 aromatic carbocycles. The van der Waals surface area contributed by atoms with Crippen LogP contribution in [-0.4, -0.2) is 36.4 Å². The van der Waals surface area contributed by atoms with Gasteiger partial charge in [-0.25, -0.2) is 0 Å². The number of carbonyl (C=O) groups is 1. The normalized spacial score (nSPS) is 16.6. The van der Waals surface area contributed by atoms with Gasteiger partial charge in [0, 0.05) is 39.1 Å². The van der Waals surface area contributed by atoms with Crippen molar-refractivity contribution in [2.24, 2.45) is 10.9 Å². The first kappa shape index (κ1) is 18.3. The highest BCUT2D eigenvalue weighted by Gasteiger charge is 2.20. The average Bonchev–Trinajstić information content (AvgIpc) is 2.97. The Bertz CT molecular complexity index is 582. The third kappa shape index (κ3) is 4.98. The molecule has 1 aliphatic heterocycles. The summed E-state index contributed by atoms with van der Waals surface area (Å²) in [6, 6.07) is 8.65. The standard InChI is InChI=1S/C19H30N4O/c1-14(2)15(3)22-19(20-4)21-12-16-8-5-6-9-17(16)13-23-11-7-10-18(23)24/h5-6,8-9,14-15H,7,10-13H2,1-4H3,(H2,20,21,22). The lowest BCUT2D eigenvalue weighted by Crippen LogP contribution is -2.44. The van der Waals surface area contributed by atoms with Crippen molar-refractivity contribution in [3.05, 3.63) is 35.4 Å². The second kappa shape index (κ2) is 8.71. The summed E-state index contributed by atoms with van der Waals surface area (Å²) in [5.41, 5.74) is 2.41. The van der Waals surface area contributed by atoms with E-state index >= 15 is 0 Å². The van der Waals surface area contributed by atoms with Crippen LogP contribution in [0.3, 0.4) is 0 Å². The van der Waals surface area contributed by atoms with Crippen LogP contribution in [0.2, 0.25) is 0 Å². The molecule has 0 spiro atoms. The monoisotopic (exact) mass is 330 g/mol. The number of carbonyl (C=O) groups excluding carboxylic acids is 1. The largest absolute Gasteiger partial charge is 0.354 e. The van der Waals surface area contributed by atoms with Crippen molar-refractivity contribution in [1.82, 2.24) is 15.5 Å². The quantitative estimate of drug-likeness (QED) is 0.622. The smallest absolute Gasteiger partial charge is 0.222 e. The summed E-state index contributed by atoms with van der Waals surface area (Å²) < 4.78 is 0. The molecular formula is C19H30N4O. The van der Waals surface area contributed by atoms with E-state index in [-0.39, 0.29) is 5.91 Å². The van der Waals surface area contributed by atoms with Crippen molar-refractivity contribution >= 4 is 11.9 Å². The molecule has 5 nitrogen and oxygen atoms in total. The van der Waals surface area contributed by atoms with Crippen molar-refractivity contribution < 1.29 is 4.79 Å². The van der Waals surface area contributed by atoms with Crippen LogP contribution in [-0.2, 0) is 17.9 Å². The Hall–Kier alpha value is -2.04. The Morgan fingerprint density at radius 1 is 1.25 bits per heavy atom. The van der Waals surface area contributed by atoms with E-state index in [0.29, 0.717) is 31.5 Å². The number of benzene rings is 1. The van der Waals surface area contributed by atoms with Gasteiger partial charge in [-0.2, -0.15) is 0 Å². The Kier molecular flexibility index (Phi) is 6.64. The summed E-state index contributed by atoms with van der Waals surface area (Å²) in [4.78, 5) is 18.1. The number of hydrogen-bond donors (Lipinski definition) is 2. The van der Waals surface area contributed by atoms with E-state index < -0.39 is 0 Å². The van der Waals surface area contributed by atoms with E-state index in [1.54, 1.807) is 7.05 Å². The first-order valence-electron chi connectivity index (χ1n) is 8.83. The second-order valence-corrected chi connectivity index (χ2v) is 6.79. The SMILES string of the molecule is CN=C(NCc1ccccc1CN1CCCC1=O)NC(C)C(C)C. The molecule has 1 aromatic rings. The topological polar surface area (TPSA) is 56.7 Å². The Morgan fingerprint density at radius 3 is 2.54 bits per heavy atom. The maximum atomic E-state index is 11.9. The number of nitrogens with zero attached hydrogens (tertiary/aromatic N) is 2. The van der Waals surface area contributed by atoms with Crippen LogP contribution in [0.4, 0.5) is 0 Å². The van der Waals surface area contributed by atoms with Crippen LogP contribution in [0.15, 0.2) is 29.3 Å². The van der Waals surface area contributed by atoms with Crippen molar-refractivity contribution in [2.75, 3.05) is 13.6 Å². The van der Waals surface area contributed by atoms with E-state index in [1.165, 1.54) is 11.1 Å². The minimum Gasteiger partial charge on any atom is -0.354 e. The molecule has 0 radical (unpaired) electrons. The lowest BCUT2D eigenvalue weighted by molar-refractivity contribution is -0.128. The molecule has 0 aromatic heterocycles. The van der Waals surface area contributed by atoms with Gasteiger partial charge < -0.3 is 15.5 Å². The van der Waals surface area contributed by atoms with Gasteiger partial charge in [-0.15, -0.1) is 0 Å². The Morgan fingerprint density at radius 2 is 1.96 bits per heavy atom. The van der Waals surface area contributed by atoms with Gasteiger partial charge in [0.1, 0.15) is 0 Å². The van der Waals surface area contributed by atoms with Gasteiger partial charge in [0.2, 0.25) is 5.91 Å². The molecule has 0 aliphatic carbocycles. The molecule has 2 rings (SSSR count). The highest BCUT2D eigenvalue weighted by Crippen LogP contribution is 2.17. The van der Waals surface area contributed by atoms with Gasteiger partial charge in [0.05, 0.1) is 0 Å². The van der Waals surface area contributed by atoms with Crippen LogP contribution in [0.5, 0.6) is 0 Å². The zero-order valence-corrected chi connectivity index (χ0v) is 15.3. The number of amides is 1. The average molecular weight is 330 g/mol. The zero-order chi connectivity index (χ0) is 17.5. The predicted molar refractivity (Wildman–Crippen MR) is 98.7 cm³/mol. The van der Waals surface area contributed by atoms with Crippen molar-refractivity contribution in [2.45, 2.75) is 52.7 Å². The first-order chi connectivity index (χ1) is 11.5. The maximum Gasteiger partial charge on any atom is 0.222 e. The molecule has 0 saturated carbocycles. The van der Waals surface area contributed by atoms with Crippen molar-refractivity contribution in [3.8, 4) is 0 Å². The number of rotatable bonds is 6. The molecule has 24 heavy (non-hydrogen) atoms. The molecule has 1 saturated heterocycles. The molecule has 1 atom stereocenters. The van der Waals surface area contributed by atoms with Gasteiger partial charge in [-0.05, 0) is 30.4 Å². The first-order valence-corrected chi connectivity index (χ1v) is 8.83. The van der Waals surface area contributed by atoms with Gasteiger partial charge in [-0.3, -0.25) is 9.79 Å². The fraction of sp³-hybridized carbons (Fsp3) is 0.579. The van der Waals surface area contributed by atoms with Crippen LogP contribution in [0.25, 0.3) is 0 Å². The summed E-state index contributed by atoms with van der Waals surface area (Å²) >= 11 is 0. The molecular weight excluding hydrogens is 300 g/mol. The van der Waals surface area contributed by atoms with E-state index in [4.69, 9.17) is 0 Å². The summed E-state index contributed by atoms with van der Waals surface area (Å²) in [5, 5.41) is 6.79. The Labute approximate surface area is 145 Å². The third-order valence-corrected chi connectivity index (χ3v) is 4.69. The molecule has 1 amide bonds. The molecule has 2 N–H and O–H groups in total. The summed E-state index contributed by atoms with van der Waals surface area (Å²) in [5.74, 6) is 1.61. The molecule has 1 unspecified atom stereocenters. The van der Waals surface area contributed by atoms with E-state index in [9.17, 15) is 4.79 Å². The third-order valence-electron chi connectivity index (χ3n) is 4.69. The van der Waals surface area contributed by atoms with Crippen LogP contribution in [0.1, 0.15) is 44.7 Å². The fourth-order valence-corrected chi connectivity index (χ4v) is 2.72. The van der Waals surface area contributed by atoms with Gasteiger partial charge in [-0.1, -0.05) is 38.1 Å². The van der Waals surface area contributed by atoms with E-state index in [1.807, 2.05) is 17.0 Å². The number of hydrogen-bond acceptors (Lipinski definition) is 2. The van der Waals surface area contributed by atoms with E-state index in [2.05, 4.69) is 48.5 Å². The highest BCUT2D eigenvalue weighted by atomic mass is 16.2. The maximum absolute atomic E-state index is 11.9. The lowest BCUT2D eigenvalue weighted by Gasteiger charge is -2.22. The molecule has 1 heterocycles. The molecule has 1 aliphatic rings. The number of guanidine groups is 1. The summed E-state index contributed by atoms with van der Waals surface area (Å²) in [7, 11) is 1.79. The predicted octanol–water partition coefficient (Wildman–Crippen LogP) is 2.52. The minimum atomic E-state index is 0.265. The van der Waals surface area contributed by atoms with Crippen molar-refractivity contribution in [1.29, 1.82) is 0 Å². The highest BCUT2D eigenvalue weighted by molar-refractivity contribution is 5.80. The number of likely N-dealkylation sites (tertiary alicyclic amines) is 1. The minimum absolute atomic E-state index is 0.265. The van der Waals surface area contributed by atoms with Crippen LogP contribution >= 0.6 is 0 Å². The van der Waals surface area contributed by atoms with Gasteiger partial charge in [0.25, 0.3) is 0 Å². The fourth-order valence-electron chi connectivity index (χ4n) is 2.72. The molecule has 5 heteroatoms. The zero-order valence-electron chi connectivity index (χ0n) is 15.3. The molecule has 1 fully saturated rings. The summed E-state index contributed by atoms with van der Waals surface area (Å²) in [6.07, 6.45) is 1.66. The van der Waals surface area contributed by atoms with Crippen LogP contribution < -0.4 is 10.6 Å². The molecule has 132 valence electrons. The second-order valence-electron chi connectivity index (χ2n) is 6.79.